The fourth-order valence-electron chi connectivity index (χ4n) is 10.4. The lowest BCUT2D eigenvalue weighted by Crippen LogP contribution is -2.30. The van der Waals surface area contributed by atoms with E-state index in [4.69, 9.17) is 37.0 Å². The van der Waals surface area contributed by atoms with Gasteiger partial charge in [-0.3, -0.25) is 37.3 Å². The molecule has 0 spiro atoms. The summed E-state index contributed by atoms with van der Waals surface area (Å²) < 4.78 is 68.4. The summed E-state index contributed by atoms with van der Waals surface area (Å²) in [5, 5.41) is 10.6. The summed E-state index contributed by atoms with van der Waals surface area (Å²) in [6.45, 7) is 4.56. The van der Waals surface area contributed by atoms with E-state index in [9.17, 15) is 43.2 Å². The van der Waals surface area contributed by atoms with Crippen molar-refractivity contribution in [1.82, 2.24) is 0 Å². The van der Waals surface area contributed by atoms with Gasteiger partial charge in [-0.15, -0.1) is 0 Å². The molecule has 0 aliphatic heterocycles. The highest BCUT2D eigenvalue weighted by atomic mass is 31.2. The van der Waals surface area contributed by atoms with Gasteiger partial charge < -0.3 is 33.8 Å². The number of hydrogen-bond acceptors (Lipinski definition) is 15. The zero-order valence-corrected chi connectivity index (χ0v) is 69.0. The summed E-state index contributed by atoms with van der Waals surface area (Å²) in [7, 11) is -10.0. The second-order valence-corrected chi connectivity index (χ2v) is 29.9. The van der Waals surface area contributed by atoms with E-state index in [1.807, 2.05) is 42.5 Å². The predicted octanol–water partition coefficient (Wildman–Crippen LogP) is 24.6. The van der Waals surface area contributed by atoms with Crippen molar-refractivity contribution in [1.29, 1.82) is 0 Å². The number of hydrogen-bond donors (Lipinski definition) is 3. The Morgan fingerprint density at radius 3 is 0.796 bits per heavy atom. The van der Waals surface area contributed by atoms with Crippen molar-refractivity contribution in [3.63, 3.8) is 0 Å². The van der Waals surface area contributed by atoms with E-state index < -0.39 is 97.5 Å². The molecule has 0 bridgehead atoms. The van der Waals surface area contributed by atoms with E-state index in [2.05, 4.69) is 155 Å². The number of ether oxygens (including phenoxy) is 4. The summed E-state index contributed by atoms with van der Waals surface area (Å²) in [6, 6.07) is 0. The molecule has 0 aromatic heterocycles. The first-order valence-corrected chi connectivity index (χ1v) is 44.4. The summed E-state index contributed by atoms with van der Waals surface area (Å²) in [4.78, 5) is 73.0. The number of rotatable bonds is 76. The van der Waals surface area contributed by atoms with E-state index in [1.54, 1.807) is 0 Å². The molecule has 0 fully saturated rings. The Morgan fingerprint density at radius 1 is 0.259 bits per heavy atom. The van der Waals surface area contributed by atoms with Crippen molar-refractivity contribution in [3.05, 3.63) is 170 Å². The number of phosphoric ester groups is 2. The third kappa shape index (κ3) is 78.5. The molecule has 0 saturated heterocycles. The molecule has 0 aliphatic rings. The Balaban J connectivity index is 5.55. The van der Waals surface area contributed by atoms with Crippen LogP contribution in [0.4, 0.5) is 0 Å². The Kier molecular flexibility index (Phi) is 75.4. The maximum absolute atomic E-state index is 13.1. The number of allylic oxidation sites excluding steroid dienone is 28. The predicted molar refractivity (Wildman–Crippen MR) is 445 cm³/mol. The summed E-state index contributed by atoms with van der Waals surface area (Å²) in [5.41, 5.74) is 0. The maximum atomic E-state index is 13.1. The minimum Gasteiger partial charge on any atom is -0.462 e. The third-order valence-electron chi connectivity index (χ3n) is 16.7. The van der Waals surface area contributed by atoms with Crippen molar-refractivity contribution in [2.24, 2.45) is 0 Å². The molecule has 3 N–H and O–H groups in total. The highest BCUT2D eigenvalue weighted by Gasteiger charge is 2.30. The lowest BCUT2D eigenvalue weighted by molar-refractivity contribution is -0.161. The van der Waals surface area contributed by atoms with Crippen LogP contribution in [-0.4, -0.2) is 96.7 Å². The number of esters is 4. The number of aliphatic hydroxyl groups excluding tert-OH is 1. The zero-order chi connectivity index (χ0) is 78.9. The lowest BCUT2D eigenvalue weighted by Gasteiger charge is -2.21. The van der Waals surface area contributed by atoms with Crippen LogP contribution >= 0.6 is 15.6 Å². The average molecular weight is 1550 g/mol. The summed E-state index contributed by atoms with van der Waals surface area (Å²) in [5.74, 6) is -2.44. The number of carbonyl (C=O) groups excluding carboxylic acids is 4. The van der Waals surface area contributed by atoms with Gasteiger partial charge >= 0.3 is 39.5 Å². The molecule has 5 atom stereocenters. The van der Waals surface area contributed by atoms with Crippen LogP contribution in [0.5, 0.6) is 0 Å². The minimum atomic E-state index is -5.02. The van der Waals surface area contributed by atoms with Crippen LogP contribution in [0.3, 0.4) is 0 Å². The molecule has 0 aliphatic carbocycles. The molecule has 0 rings (SSSR count). The van der Waals surface area contributed by atoms with Crippen molar-refractivity contribution < 1.29 is 80.2 Å². The Hall–Kier alpha value is -5.58. The molecule has 0 amide bonds. The van der Waals surface area contributed by atoms with Gasteiger partial charge in [0.1, 0.15) is 19.3 Å². The van der Waals surface area contributed by atoms with Crippen molar-refractivity contribution >= 4 is 39.5 Å². The maximum Gasteiger partial charge on any atom is 0.472 e. The molecule has 0 aromatic rings. The number of aliphatic hydroxyl groups is 1. The fraction of sp³-hybridized carbons (Fsp3) is 0.640. The van der Waals surface area contributed by atoms with Gasteiger partial charge in [-0.25, -0.2) is 9.13 Å². The molecule has 17 nitrogen and oxygen atoms in total. The second kappa shape index (κ2) is 79.5. The van der Waals surface area contributed by atoms with Crippen molar-refractivity contribution in [3.8, 4) is 0 Å². The van der Waals surface area contributed by atoms with Crippen LogP contribution in [0.25, 0.3) is 0 Å². The highest BCUT2D eigenvalue weighted by molar-refractivity contribution is 7.47. The van der Waals surface area contributed by atoms with Crippen LogP contribution in [-0.2, 0) is 65.4 Å². The average Bonchev–Trinajstić information content (AvgIpc) is 0.913. The summed E-state index contributed by atoms with van der Waals surface area (Å²) in [6.07, 6.45) is 95.1. The SMILES string of the molecule is CCCCC/C=C\C/C=C\C/C=C\C/C=C\C/C=C\CCC(=O)OC[C@H](COP(=O)(O)OC[C@@H](O)COP(=O)(O)OC[C@@H](COC(=O)CCC/C=C\C/C=C\C/C=C\C/C=C\CCCCC)OC(=O)CC/C=C\C/C=C\C/C=C\C/C=C\C/C=C\CCCCC)OC(=O)CCCCCCCCCCCCCCC. The third-order valence-corrected chi connectivity index (χ3v) is 18.6. The molecule has 0 saturated carbocycles. The van der Waals surface area contributed by atoms with E-state index in [1.165, 1.54) is 109 Å². The second-order valence-electron chi connectivity index (χ2n) is 27.0. The van der Waals surface area contributed by atoms with Crippen molar-refractivity contribution in [2.45, 2.75) is 329 Å². The van der Waals surface area contributed by atoms with E-state index in [0.29, 0.717) is 44.9 Å². The molecule has 0 heterocycles. The van der Waals surface area contributed by atoms with Crippen LogP contribution in [0, 0.1) is 0 Å². The summed E-state index contributed by atoms with van der Waals surface area (Å²) >= 11 is 0. The molecule has 614 valence electrons. The van der Waals surface area contributed by atoms with Crippen LogP contribution in [0.1, 0.15) is 310 Å². The Bertz CT molecular complexity index is 2710. The van der Waals surface area contributed by atoms with E-state index >= 15 is 0 Å². The van der Waals surface area contributed by atoms with Crippen LogP contribution in [0.15, 0.2) is 170 Å². The first-order chi connectivity index (χ1) is 52.7. The van der Waals surface area contributed by atoms with Gasteiger partial charge in [0.15, 0.2) is 12.2 Å². The van der Waals surface area contributed by atoms with Gasteiger partial charge in [0.2, 0.25) is 0 Å². The van der Waals surface area contributed by atoms with Crippen molar-refractivity contribution in [2.75, 3.05) is 39.6 Å². The van der Waals surface area contributed by atoms with E-state index in [0.717, 1.165) is 103 Å². The zero-order valence-electron chi connectivity index (χ0n) is 67.2. The standard InChI is InChI=1S/C89H146O17P2/c1-5-9-13-17-21-25-29-33-36-39-41-44-47-51-54-58-62-66-70-74-87(92)99-79-84(105-88(93)75-71-67-63-59-55-49-32-28-24-20-16-12-8-4)81-103-107(95,96)101-77-83(90)78-102-108(97,98)104-82-85(80-100-86(91)73-69-65-61-57-53-50-46-43-38-35-31-27-23-19-15-11-7-3)106-89(94)76-72-68-64-60-56-52-48-45-42-40-37-34-30-26-22-18-14-10-6-2/h21-23,25-27,33-38,41-42,44-46,50-52,54,56-57,61-62,64,66,68,83-85,90H,5-20,24,28-32,39-40,43,47-49,53,55,58-60,63,65,67,69-82H2,1-4H3,(H,95,96)(H,97,98)/b25-21-,26-22-,27-23-,36-33-,37-34-,38-35-,44-41-,45-42-,50-46-,54-51-,56-52-,61-57-,66-62-,68-64-/t83-,84-,85-/m1/s1. The molecular formula is C89H146O17P2. The normalized spacial score (nSPS) is 14.7. The lowest BCUT2D eigenvalue weighted by atomic mass is 10.0. The molecule has 19 heteroatoms. The largest absolute Gasteiger partial charge is 0.472 e. The minimum absolute atomic E-state index is 0.0319. The van der Waals surface area contributed by atoms with Gasteiger partial charge in [-0.05, 0) is 141 Å². The van der Waals surface area contributed by atoms with Gasteiger partial charge in [0.05, 0.1) is 26.4 Å². The smallest absolute Gasteiger partial charge is 0.462 e. The molecule has 0 aromatic carbocycles. The number of unbranched alkanes of at least 4 members (excludes halogenated alkanes) is 22. The first-order valence-electron chi connectivity index (χ1n) is 41.4. The van der Waals surface area contributed by atoms with Gasteiger partial charge in [-0.2, -0.15) is 0 Å². The Labute approximate surface area is 654 Å². The van der Waals surface area contributed by atoms with Gasteiger partial charge in [-0.1, -0.05) is 313 Å². The van der Waals surface area contributed by atoms with E-state index in [-0.39, 0.29) is 25.7 Å². The fourth-order valence-corrected chi connectivity index (χ4v) is 11.9. The quantitative estimate of drug-likeness (QED) is 0.0169. The number of carbonyl (C=O) groups is 4. The van der Waals surface area contributed by atoms with Gasteiger partial charge in [0.25, 0.3) is 0 Å². The number of phosphoric acid groups is 2. The topological polar surface area (TPSA) is 237 Å². The molecule has 0 radical (unpaired) electrons. The Morgan fingerprint density at radius 2 is 0.481 bits per heavy atom. The van der Waals surface area contributed by atoms with Gasteiger partial charge in [0, 0.05) is 25.7 Å². The molecular weight excluding hydrogens is 1400 g/mol. The van der Waals surface area contributed by atoms with Crippen LogP contribution in [0.2, 0.25) is 0 Å². The first kappa shape index (κ1) is 102. The molecule has 2 unspecified atom stereocenters. The monoisotopic (exact) mass is 1550 g/mol. The molecule has 108 heavy (non-hydrogen) atoms. The van der Waals surface area contributed by atoms with Crippen LogP contribution < -0.4 is 0 Å². The highest BCUT2D eigenvalue weighted by Crippen LogP contribution is 2.45.